The maximum absolute atomic E-state index is 12.0. The summed E-state index contributed by atoms with van der Waals surface area (Å²) in [7, 11) is 1.35. The number of rotatable bonds is 3. The van der Waals surface area contributed by atoms with Crippen molar-refractivity contribution in [3.63, 3.8) is 0 Å². The second kappa shape index (κ2) is 15.8. The Morgan fingerprint density at radius 1 is 1.15 bits per heavy atom. The van der Waals surface area contributed by atoms with Gasteiger partial charge in [0, 0.05) is 5.69 Å². The number of nitrogens with two attached hydrogens (primary N) is 2. The summed E-state index contributed by atoms with van der Waals surface area (Å²) in [6, 6.07) is 13.1. The molecule has 4 N–H and O–H groups in total. The van der Waals surface area contributed by atoms with E-state index in [1.165, 1.54) is 36.9 Å². The van der Waals surface area contributed by atoms with Crippen molar-refractivity contribution in [3.8, 4) is 0 Å². The third kappa shape index (κ3) is 11.8. The average molecular weight is 364 g/mol. The van der Waals surface area contributed by atoms with Gasteiger partial charge in [0.15, 0.2) is 0 Å². The van der Waals surface area contributed by atoms with Crippen molar-refractivity contribution in [3.05, 3.63) is 65.5 Å². The van der Waals surface area contributed by atoms with Gasteiger partial charge in [-0.25, -0.2) is 4.39 Å². The average Bonchev–Trinajstić information content (AvgIpc) is 2.67. The summed E-state index contributed by atoms with van der Waals surface area (Å²) in [5.41, 5.74) is 13.7. The standard InChI is InChI=1S/C11H15NO2.C6H6FN.C2H6.CH2O/c1-8-4-3-5-9(6-8)7-10(12)11(13)14-2;7-5-1-3-6(8)4-2-5;2*1-2/h3-6,10H,7,12H2,1-2H3;1-4H,8H2;1-2H3;1H2. The van der Waals surface area contributed by atoms with Crippen LogP contribution >= 0.6 is 0 Å². The minimum absolute atomic E-state index is 0.251. The second-order valence-electron chi connectivity index (χ2n) is 4.87. The second-order valence-corrected chi connectivity index (χ2v) is 4.87. The number of carbonyl (C=O) groups excluding carboxylic acids is 2. The van der Waals surface area contributed by atoms with Crippen LogP contribution in [-0.2, 0) is 20.7 Å². The summed E-state index contributed by atoms with van der Waals surface area (Å²) in [6.45, 7) is 8.01. The molecule has 0 aromatic heterocycles. The predicted molar refractivity (Wildman–Crippen MR) is 104 cm³/mol. The Balaban J connectivity index is 0. The van der Waals surface area contributed by atoms with E-state index in [4.69, 9.17) is 16.3 Å². The SMILES string of the molecule is C=O.CC.COC(=O)C(N)Cc1cccc(C)c1.Nc1ccc(F)cc1. The molecular formula is C20H29FN2O3. The lowest BCUT2D eigenvalue weighted by Gasteiger charge is -2.09. The van der Waals surface area contributed by atoms with Crippen molar-refractivity contribution >= 4 is 18.4 Å². The highest BCUT2D eigenvalue weighted by atomic mass is 19.1. The van der Waals surface area contributed by atoms with Crippen molar-refractivity contribution < 1.29 is 18.7 Å². The maximum atomic E-state index is 12.0. The number of carbonyl (C=O) groups is 2. The first-order valence-corrected chi connectivity index (χ1v) is 8.11. The van der Waals surface area contributed by atoms with E-state index in [2.05, 4.69) is 4.74 Å². The van der Waals surface area contributed by atoms with Crippen molar-refractivity contribution in [1.82, 2.24) is 0 Å². The van der Waals surface area contributed by atoms with Crippen LogP contribution in [0.3, 0.4) is 0 Å². The molecule has 5 nitrogen and oxygen atoms in total. The first kappa shape index (κ1) is 25.5. The van der Waals surface area contributed by atoms with Gasteiger partial charge in [0.2, 0.25) is 0 Å². The van der Waals surface area contributed by atoms with Gasteiger partial charge >= 0.3 is 5.97 Å². The largest absolute Gasteiger partial charge is 0.468 e. The molecule has 0 aliphatic rings. The summed E-state index contributed by atoms with van der Waals surface area (Å²) in [5, 5.41) is 0. The number of aryl methyl sites for hydroxylation is 1. The Morgan fingerprint density at radius 2 is 1.69 bits per heavy atom. The van der Waals surface area contributed by atoms with Gasteiger partial charge in [0.1, 0.15) is 18.6 Å². The maximum Gasteiger partial charge on any atom is 0.322 e. The molecule has 0 spiro atoms. The predicted octanol–water partition coefficient (Wildman–Crippen LogP) is 3.29. The molecule has 0 saturated heterocycles. The van der Waals surface area contributed by atoms with E-state index in [0.29, 0.717) is 12.1 Å². The molecule has 0 radical (unpaired) electrons. The lowest BCUT2D eigenvalue weighted by molar-refractivity contribution is -0.142. The van der Waals surface area contributed by atoms with Crippen LogP contribution in [0.1, 0.15) is 25.0 Å². The van der Waals surface area contributed by atoms with E-state index >= 15 is 0 Å². The molecule has 2 rings (SSSR count). The highest BCUT2D eigenvalue weighted by molar-refractivity contribution is 5.75. The number of nitrogen functional groups attached to an aromatic ring is 1. The molecule has 0 fully saturated rings. The molecule has 144 valence electrons. The fraction of sp³-hybridized carbons (Fsp3) is 0.300. The normalized spacial score (nSPS) is 9.77. The summed E-state index contributed by atoms with van der Waals surface area (Å²) >= 11 is 0. The Bertz CT molecular complexity index is 598. The molecule has 0 aliphatic carbocycles. The monoisotopic (exact) mass is 364 g/mol. The quantitative estimate of drug-likeness (QED) is 0.644. The molecular weight excluding hydrogens is 335 g/mol. The Hall–Kier alpha value is -2.73. The van der Waals surface area contributed by atoms with Gasteiger partial charge in [0.25, 0.3) is 0 Å². The van der Waals surface area contributed by atoms with Gasteiger partial charge in [-0.3, -0.25) is 4.79 Å². The van der Waals surface area contributed by atoms with Crippen LogP contribution in [0.15, 0.2) is 48.5 Å². The van der Waals surface area contributed by atoms with E-state index in [1.54, 1.807) is 0 Å². The number of anilines is 1. The number of benzene rings is 2. The van der Waals surface area contributed by atoms with E-state index in [9.17, 15) is 9.18 Å². The minimum atomic E-state index is -0.568. The van der Waals surface area contributed by atoms with Gasteiger partial charge in [-0.15, -0.1) is 0 Å². The summed E-state index contributed by atoms with van der Waals surface area (Å²) < 4.78 is 16.6. The zero-order valence-electron chi connectivity index (χ0n) is 15.9. The molecule has 0 bridgehead atoms. The lowest BCUT2D eigenvalue weighted by Crippen LogP contribution is -2.33. The van der Waals surface area contributed by atoms with Crippen LogP contribution in [0, 0.1) is 12.7 Å². The lowest BCUT2D eigenvalue weighted by atomic mass is 10.0. The van der Waals surface area contributed by atoms with Crippen molar-refractivity contribution in [2.45, 2.75) is 33.2 Å². The molecule has 2 aromatic rings. The molecule has 0 amide bonds. The molecule has 0 aliphatic heterocycles. The third-order valence-electron chi connectivity index (χ3n) is 2.91. The van der Waals surface area contributed by atoms with Crippen LogP contribution in [0.25, 0.3) is 0 Å². The summed E-state index contributed by atoms with van der Waals surface area (Å²) in [6.07, 6.45) is 0.522. The Labute approximate surface area is 155 Å². The van der Waals surface area contributed by atoms with Crippen LogP contribution in [-0.4, -0.2) is 25.9 Å². The first-order valence-electron chi connectivity index (χ1n) is 8.11. The van der Waals surface area contributed by atoms with Crippen LogP contribution in [0.5, 0.6) is 0 Å². The minimum Gasteiger partial charge on any atom is -0.468 e. The summed E-state index contributed by atoms with van der Waals surface area (Å²) in [5.74, 6) is -0.620. The van der Waals surface area contributed by atoms with Gasteiger partial charge < -0.3 is 21.0 Å². The molecule has 1 atom stereocenters. The van der Waals surface area contributed by atoms with Gasteiger partial charge in [-0.05, 0) is 43.2 Å². The highest BCUT2D eigenvalue weighted by Gasteiger charge is 2.13. The Morgan fingerprint density at radius 3 is 2.12 bits per heavy atom. The Kier molecular flexibility index (Phi) is 15.5. The topological polar surface area (TPSA) is 95.4 Å². The first-order chi connectivity index (χ1) is 12.4. The smallest absolute Gasteiger partial charge is 0.322 e. The van der Waals surface area contributed by atoms with Crippen LogP contribution in [0.4, 0.5) is 10.1 Å². The van der Waals surface area contributed by atoms with Crippen LogP contribution < -0.4 is 11.5 Å². The molecule has 2 aromatic carbocycles. The van der Waals surface area contributed by atoms with Crippen LogP contribution in [0.2, 0.25) is 0 Å². The van der Waals surface area contributed by atoms with Gasteiger partial charge in [-0.2, -0.15) is 0 Å². The van der Waals surface area contributed by atoms with E-state index in [0.717, 1.165) is 5.56 Å². The fourth-order valence-corrected chi connectivity index (χ4v) is 1.79. The molecule has 1 unspecified atom stereocenters. The third-order valence-corrected chi connectivity index (χ3v) is 2.91. The number of hydrogen-bond donors (Lipinski definition) is 2. The van der Waals surface area contributed by atoms with Crippen molar-refractivity contribution in [2.24, 2.45) is 5.73 Å². The summed E-state index contributed by atoms with van der Waals surface area (Å²) in [4.78, 5) is 19.1. The number of methoxy groups -OCH3 is 1. The zero-order valence-corrected chi connectivity index (χ0v) is 15.9. The number of hydrogen-bond acceptors (Lipinski definition) is 5. The molecule has 0 heterocycles. The number of esters is 1. The van der Waals surface area contributed by atoms with E-state index in [-0.39, 0.29) is 11.8 Å². The fourth-order valence-electron chi connectivity index (χ4n) is 1.79. The molecule has 0 saturated carbocycles. The van der Waals surface area contributed by atoms with E-state index < -0.39 is 6.04 Å². The zero-order chi connectivity index (χ0) is 20.5. The number of ether oxygens (including phenoxy) is 1. The van der Waals surface area contributed by atoms with Gasteiger partial charge in [0.05, 0.1) is 7.11 Å². The molecule has 26 heavy (non-hydrogen) atoms. The van der Waals surface area contributed by atoms with Crippen molar-refractivity contribution in [2.75, 3.05) is 12.8 Å². The van der Waals surface area contributed by atoms with Gasteiger partial charge in [-0.1, -0.05) is 43.7 Å². The molecule has 6 heteroatoms. The van der Waals surface area contributed by atoms with E-state index in [1.807, 2.05) is 51.8 Å². The number of halogens is 1. The highest BCUT2D eigenvalue weighted by Crippen LogP contribution is 2.06. The van der Waals surface area contributed by atoms with Crippen molar-refractivity contribution in [1.29, 1.82) is 0 Å².